The van der Waals surface area contributed by atoms with E-state index in [2.05, 4.69) is 114 Å². The van der Waals surface area contributed by atoms with Gasteiger partial charge in [-0.05, 0) is 131 Å². The molecule has 13 rings (SSSR count). The van der Waals surface area contributed by atoms with E-state index in [1.54, 1.807) is 0 Å². The summed E-state index contributed by atoms with van der Waals surface area (Å²) in [6, 6.07) is 45.2. The zero-order valence-electron chi connectivity index (χ0n) is 37.6. The van der Waals surface area contributed by atoms with Gasteiger partial charge in [0.15, 0.2) is 10.9 Å². The predicted octanol–water partition coefficient (Wildman–Crippen LogP) is 13.8. The average Bonchev–Trinajstić information content (AvgIpc) is 4.12. The molecule has 67 heavy (non-hydrogen) atoms. The molecule has 0 aliphatic heterocycles. The largest absolute Gasteiger partial charge is 2.00 e. The molecule has 0 saturated carbocycles. The van der Waals surface area contributed by atoms with Crippen molar-refractivity contribution in [2.45, 2.75) is 41.5 Å². The van der Waals surface area contributed by atoms with Crippen LogP contribution in [0.25, 0.3) is 131 Å². The van der Waals surface area contributed by atoms with E-state index >= 15 is 9.59 Å². The van der Waals surface area contributed by atoms with E-state index in [1.165, 1.54) is 0 Å². The van der Waals surface area contributed by atoms with Gasteiger partial charge in [-0.3, -0.25) is 9.59 Å². The van der Waals surface area contributed by atoms with Crippen molar-refractivity contribution in [2.24, 2.45) is 0 Å². The van der Waals surface area contributed by atoms with Gasteiger partial charge in [0.1, 0.15) is 0 Å². The van der Waals surface area contributed by atoms with Gasteiger partial charge in [0, 0.05) is 21.5 Å². The zero-order chi connectivity index (χ0) is 44.9. The van der Waals surface area contributed by atoms with Crippen LogP contribution in [0.15, 0.2) is 143 Å². The minimum atomic E-state index is -0.0846. The van der Waals surface area contributed by atoms with E-state index in [4.69, 9.17) is 19.9 Å². The van der Waals surface area contributed by atoms with Crippen LogP contribution in [0.3, 0.4) is 0 Å². The van der Waals surface area contributed by atoms with Crippen molar-refractivity contribution in [3.8, 4) is 22.3 Å². The van der Waals surface area contributed by atoms with Crippen LogP contribution in [-0.4, -0.2) is 9.97 Å². The maximum atomic E-state index is 15.2. The molecule has 8 aromatic carbocycles. The molecule has 5 heterocycles. The number of benzene rings is 6. The Bertz CT molecular complexity index is 4180. The molecular formula is C60H40N4O2Pd. The first-order valence-electron chi connectivity index (χ1n) is 22.5. The van der Waals surface area contributed by atoms with Gasteiger partial charge in [0.2, 0.25) is 0 Å². The normalized spacial score (nSPS) is 12.0. The summed E-state index contributed by atoms with van der Waals surface area (Å²) in [6.07, 6.45) is 0. The molecule has 0 spiro atoms. The predicted molar refractivity (Wildman–Crippen MR) is 276 cm³/mol. The number of hydrogen-bond donors (Lipinski definition) is 0. The fourth-order valence-electron chi connectivity index (χ4n) is 11.6. The molecular weight excluding hydrogens is 915 g/mol. The number of rotatable bonds is 2. The Balaban J connectivity index is 0.00000468. The van der Waals surface area contributed by atoms with Crippen LogP contribution in [0.2, 0.25) is 0 Å². The van der Waals surface area contributed by atoms with Crippen LogP contribution in [0.5, 0.6) is 0 Å². The first kappa shape index (κ1) is 40.9. The molecule has 6 nitrogen and oxygen atoms in total. The number of aryl methyl sites for hydroxylation is 6. The number of hydrogen-bond acceptors (Lipinski definition) is 4. The summed E-state index contributed by atoms with van der Waals surface area (Å²) in [5.41, 5.74) is 15.4. The van der Waals surface area contributed by atoms with Crippen molar-refractivity contribution in [1.82, 2.24) is 19.9 Å². The monoisotopic (exact) mass is 954 g/mol. The summed E-state index contributed by atoms with van der Waals surface area (Å²) in [5, 5.41) is 9.34. The van der Waals surface area contributed by atoms with Gasteiger partial charge in [0.25, 0.3) is 0 Å². The average molecular weight is 955 g/mol. The smallest absolute Gasteiger partial charge is 0.657 e. The van der Waals surface area contributed by atoms with Gasteiger partial charge in [0.05, 0.1) is 32.8 Å². The third kappa shape index (κ3) is 5.85. The molecule has 0 N–H and O–H groups in total. The molecule has 0 unspecified atom stereocenters. The van der Waals surface area contributed by atoms with Crippen molar-refractivity contribution >= 4 is 109 Å². The third-order valence-electron chi connectivity index (χ3n) is 14.0. The third-order valence-corrected chi connectivity index (χ3v) is 14.0. The maximum Gasteiger partial charge on any atom is 2.00 e. The number of fused-ring (bicyclic) bond motifs is 10. The molecule has 322 valence electrons. The molecule has 5 aromatic heterocycles. The van der Waals surface area contributed by atoms with Crippen LogP contribution in [-0.2, 0) is 20.4 Å². The van der Waals surface area contributed by atoms with Crippen molar-refractivity contribution in [3.63, 3.8) is 0 Å². The van der Waals surface area contributed by atoms with E-state index in [0.717, 1.165) is 98.7 Å². The summed E-state index contributed by atoms with van der Waals surface area (Å²) in [4.78, 5) is 52.7. The van der Waals surface area contributed by atoms with Crippen molar-refractivity contribution < 1.29 is 20.4 Å². The maximum absolute atomic E-state index is 15.2. The fraction of sp³-hybridized carbons (Fsp3) is 0.100. The molecule has 0 aliphatic carbocycles. The zero-order valence-corrected chi connectivity index (χ0v) is 39.2. The van der Waals surface area contributed by atoms with Gasteiger partial charge in [-0.15, -0.1) is 22.1 Å². The van der Waals surface area contributed by atoms with Gasteiger partial charge in [-0.2, -0.15) is 0 Å². The quantitative estimate of drug-likeness (QED) is 0.160. The van der Waals surface area contributed by atoms with Gasteiger partial charge < -0.3 is 9.97 Å². The standard InChI is InChI=1S/C60H41N4O2.Pd/c1-29-23-31(3)49(32(4)24-29)55-45-21-19-43(61-45)53-37-15-7-11-35-14-10-18-40(51(35)37)60(66)42-28-48(64-58(42)53)56(50-33(5)25-30(2)26-34(50)6)46-22-20-44(62-46)54-38-16-8-12-36-13-9-17-39(52(36)38)59(65)41-27-47(55)63-57(41)54;/h7-28H,1-6H3,(H-,61,62,63,64,65,66);/q-1;+2/p-1. The minimum Gasteiger partial charge on any atom is -0.657 e. The molecule has 0 atom stereocenters. The molecule has 0 radical (unpaired) electrons. The van der Waals surface area contributed by atoms with Crippen molar-refractivity contribution in [1.29, 1.82) is 0 Å². The summed E-state index contributed by atoms with van der Waals surface area (Å²) >= 11 is 0. The van der Waals surface area contributed by atoms with Gasteiger partial charge in [-0.1, -0.05) is 132 Å². The van der Waals surface area contributed by atoms with Crippen LogP contribution < -0.4 is 20.8 Å². The summed E-state index contributed by atoms with van der Waals surface area (Å²) < 4.78 is 0. The fourth-order valence-corrected chi connectivity index (χ4v) is 11.6. The van der Waals surface area contributed by atoms with E-state index in [-0.39, 0.29) is 31.3 Å². The summed E-state index contributed by atoms with van der Waals surface area (Å²) in [7, 11) is 0. The Hall–Kier alpha value is -7.56. The van der Waals surface area contributed by atoms with Crippen LogP contribution in [0, 0.1) is 41.5 Å². The van der Waals surface area contributed by atoms with Crippen LogP contribution in [0.4, 0.5) is 0 Å². The Kier molecular flexibility index (Phi) is 8.99. The summed E-state index contributed by atoms with van der Waals surface area (Å²) in [5.74, 6) is 0. The molecule has 0 saturated heterocycles. The van der Waals surface area contributed by atoms with Crippen molar-refractivity contribution in [2.75, 3.05) is 0 Å². The topological polar surface area (TPSA) is 88.1 Å². The van der Waals surface area contributed by atoms with Gasteiger partial charge in [-0.25, -0.2) is 9.97 Å². The Labute approximate surface area is 398 Å². The van der Waals surface area contributed by atoms with E-state index in [0.29, 0.717) is 65.7 Å². The second kappa shape index (κ2) is 14.7. The van der Waals surface area contributed by atoms with Crippen LogP contribution in [0.1, 0.15) is 33.4 Å². The van der Waals surface area contributed by atoms with Crippen molar-refractivity contribution in [3.05, 3.63) is 187 Å². The minimum absolute atomic E-state index is 0. The van der Waals surface area contributed by atoms with E-state index in [9.17, 15) is 0 Å². The Morgan fingerprint density at radius 1 is 0.358 bits per heavy atom. The SMILES string of the molecule is Cc1cc(C)c(-c2c3cc4c(=O)c5cccc6cccc(c65)c(c5ccc([n-]5)c(-c5c(C)cc(C)cc5C)c5cc6c(=O)c7cccc8cccc(c87)c(c7ccc2[n-]7)c6n5)c4n3)c(C)c1.[Pd+2]. The molecule has 13 aromatic rings. The van der Waals surface area contributed by atoms with Gasteiger partial charge >= 0.3 is 20.4 Å². The van der Waals surface area contributed by atoms with Crippen LogP contribution >= 0.6 is 0 Å². The number of nitrogens with zero attached hydrogens (tertiary/aromatic N) is 4. The second-order valence-electron chi connectivity index (χ2n) is 18.4. The molecule has 0 aliphatic rings. The molecule has 0 fully saturated rings. The van der Waals surface area contributed by atoms with E-state index in [1.807, 2.05) is 60.7 Å². The Morgan fingerprint density at radius 2 is 0.701 bits per heavy atom. The van der Waals surface area contributed by atoms with E-state index < -0.39 is 0 Å². The second-order valence-corrected chi connectivity index (χ2v) is 18.4. The molecule has 7 heteroatoms. The summed E-state index contributed by atoms with van der Waals surface area (Å²) in [6.45, 7) is 12.7. The first-order chi connectivity index (χ1) is 32.0. The number of aromatic nitrogens is 4. The Morgan fingerprint density at radius 3 is 1.07 bits per heavy atom. The molecule has 8 bridgehead atoms. The first-order valence-corrected chi connectivity index (χ1v) is 22.5. The molecule has 0 amide bonds.